The summed E-state index contributed by atoms with van der Waals surface area (Å²) in [4.78, 5) is 16.3. The second kappa shape index (κ2) is 5.59. The zero-order chi connectivity index (χ0) is 13.8. The Morgan fingerprint density at radius 1 is 1.32 bits per heavy atom. The highest BCUT2D eigenvalue weighted by molar-refractivity contribution is 5.35. The van der Waals surface area contributed by atoms with Crippen LogP contribution in [-0.4, -0.2) is 35.8 Å². The average Bonchev–Trinajstić information content (AvgIpc) is 2.88. The molecule has 0 aliphatic heterocycles. The number of anilines is 2. The van der Waals surface area contributed by atoms with Gasteiger partial charge >= 0.3 is 0 Å². The zero-order valence-electron chi connectivity index (χ0n) is 11.3. The normalized spacial score (nSPS) is 12.6. The Balaban J connectivity index is 2.27. The Morgan fingerprint density at radius 2 is 2.11 bits per heavy atom. The van der Waals surface area contributed by atoms with Crippen molar-refractivity contribution in [2.45, 2.75) is 33.2 Å². The van der Waals surface area contributed by atoms with Crippen LogP contribution in [0, 0.1) is 5.92 Å². The molecule has 0 aliphatic rings. The summed E-state index contributed by atoms with van der Waals surface area (Å²) in [7, 11) is 0. The van der Waals surface area contributed by atoms with Crippen molar-refractivity contribution in [1.82, 2.24) is 29.7 Å². The molecule has 0 bridgehead atoms. The van der Waals surface area contributed by atoms with Gasteiger partial charge in [0.2, 0.25) is 11.9 Å². The maximum atomic E-state index is 5.70. The highest BCUT2D eigenvalue weighted by Crippen LogP contribution is 2.13. The molecular weight excluding hydrogens is 244 g/mol. The summed E-state index contributed by atoms with van der Waals surface area (Å²) in [6, 6.07) is 0.283. The third-order valence-corrected chi connectivity index (χ3v) is 2.82. The van der Waals surface area contributed by atoms with Crippen LogP contribution in [0.15, 0.2) is 12.7 Å². The molecule has 1 atom stereocenters. The standard InChI is InChI=1S/C11H18N8/c1-4-8(7(2)3)15-10-16-9(12)17-11(18-10)19-6-13-5-14-19/h5-8H,4H2,1-3H3,(H3,12,15,16,17,18). The Kier molecular flexibility index (Phi) is 3.88. The minimum Gasteiger partial charge on any atom is -0.368 e. The van der Waals surface area contributed by atoms with Gasteiger partial charge in [0, 0.05) is 6.04 Å². The van der Waals surface area contributed by atoms with Gasteiger partial charge in [-0.05, 0) is 12.3 Å². The van der Waals surface area contributed by atoms with Crippen molar-refractivity contribution in [1.29, 1.82) is 0 Å². The smallest absolute Gasteiger partial charge is 0.258 e. The summed E-state index contributed by atoms with van der Waals surface area (Å²) in [5.41, 5.74) is 5.70. The molecule has 2 heterocycles. The molecule has 8 heteroatoms. The average molecular weight is 262 g/mol. The minimum absolute atomic E-state index is 0.154. The van der Waals surface area contributed by atoms with Crippen LogP contribution in [0.5, 0.6) is 0 Å². The van der Waals surface area contributed by atoms with Crippen LogP contribution in [0.4, 0.5) is 11.9 Å². The Bertz CT molecular complexity index is 521. The monoisotopic (exact) mass is 262 g/mol. The van der Waals surface area contributed by atoms with Crippen molar-refractivity contribution in [3.63, 3.8) is 0 Å². The van der Waals surface area contributed by atoms with Crippen LogP contribution < -0.4 is 11.1 Å². The number of nitrogens with one attached hydrogen (secondary N) is 1. The molecule has 1 unspecified atom stereocenters. The van der Waals surface area contributed by atoms with Crippen molar-refractivity contribution in [3.8, 4) is 5.95 Å². The number of hydrogen-bond donors (Lipinski definition) is 2. The Hall–Kier alpha value is -2.25. The molecule has 0 saturated carbocycles. The van der Waals surface area contributed by atoms with Gasteiger partial charge in [-0.15, -0.1) is 0 Å². The summed E-state index contributed by atoms with van der Waals surface area (Å²) >= 11 is 0. The van der Waals surface area contributed by atoms with E-state index in [-0.39, 0.29) is 12.0 Å². The molecule has 0 spiro atoms. The molecular formula is C11H18N8. The Morgan fingerprint density at radius 3 is 2.68 bits per heavy atom. The van der Waals surface area contributed by atoms with Gasteiger partial charge in [-0.2, -0.15) is 24.7 Å². The molecule has 102 valence electrons. The lowest BCUT2D eigenvalue weighted by molar-refractivity contribution is 0.507. The SMILES string of the molecule is CCC(Nc1nc(N)nc(-n2cncn2)n1)C(C)C. The highest BCUT2D eigenvalue weighted by atomic mass is 15.4. The van der Waals surface area contributed by atoms with E-state index in [4.69, 9.17) is 5.73 Å². The minimum atomic E-state index is 0.154. The fraction of sp³-hybridized carbons (Fsp3) is 0.545. The van der Waals surface area contributed by atoms with E-state index in [0.717, 1.165) is 6.42 Å². The van der Waals surface area contributed by atoms with Gasteiger partial charge in [-0.25, -0.2) is 4.98 Å². The number of nitrogen functional groups attached to an aromatic ring is 1. The van der Waals surface area contributed by atoms with Crippen LogP contribution in [0.1, 0.15) is 27.2 Å². The molecule has 19 heavy (non-hydrogen) atoms. The fourth-order valence-corrected chi connectivity index (χ4v) is 1.77. The first-order valence-corrected chi connectivity index (χ1v) is 6.23. The maximum Gasteiger partial charge on any atom is 0.258 e. The van der Waals surface area contributed by atoms with Crippen LogP contribution in [0.2, 0.25) is 0 Å². The van der Waals surface area contributed by atoms with Crippen molar-refractivity contribution < 1.29 is 0 Å². The first kappa shape index (κ1) is 13.2. The first-order valence-electron chi connectivity index (χ1n) is 6.23. The van der Waals surface area contributed by atoms with Crippen LogP contribution in [0.25, 0.3) is 5.95 Å². The molecule has 2 aromatic heterocycles. The lowest BCUT2D eigenvalue weighted by Crippen LogP contribution is -2.26. The van der Waals surface area contributed by atoms with Crippen LogP contribution in [0.3, 0.4) is 0 Å². The van der Waals surface area contributed by atoms with Gasteiger partial charge in [-0.1, -0.05) is 20.8 Å². The molecule has 0 aromatic carbocycles. The van der Waals surface area contributed by atoms with Crippen molar-refractivity contribution in [2.75, 3.05) is 11.1 Å². The molecule has 2 aromatic rings. The van der Waals surface area contributed by atoms with Crippen molar-refractivity contribution >= 4 is 11.9 Å². The number of nitrogens with zero attached hydrogens (tertiary/aromatic N) is 6. The van der Waals surface area contributed by atoms with E-state index in [1.165, 1.54) is 17.3 Å². The first-order chi connectivity index (χ1) is 9.10. The number of aromatic nitrogens is 6. The van der Waals surface area contributed by atoms with E-state index in [1.54, 1.807) is 0 Å². The molecule has 0 amide bonds. The highest BCUT2D eigenvalue weighted by Gasteiger charge is 2.14. The zero-order valence-corrected chi connectivity index (χ0v) is 11.3. The molecule has 0 radical (unpaired) electrons. The van der Waals surface area contributed by atoms with Crippen molar-refractivity contribution in [2.24, 2.45) is 5.92 Å². The summed E-state index contributed by atoms with van der Waals surface area (Å²) in [5.74, 6) is 1.43. The lowest BCUT2D eigenvalue weighted by Gasteiger charge is -2.20. The molecule has 0 fully saturated rings. The quantitative estimate of drug-likeness (QED) is 0.823. The molecule has 2 rings (SSSR count). The van der Waals surface area contributed by atoms with E-state index < -0.39 is 0 Å². The van der Waals surface area contributed by atoms with Crippen LogP contribution in [-0.2, 0) is 0 Å². The third kappa shape index (κ3) is 3.15. The summed E-state index contributed by atoms with van der Waals surface area (Å²) in [6.07, 6.45) is 3.90. The second-order valence-electron chi connectivity index (χ2n) is 4.56. The number of nitrogens with two attached hydrogens (primary N) is 1. The molecule has 8 nitrogen and oxygen atoms in total. The van der Waals surface area contributed by atoms with E-state index in [0.29, 0.717) is 17.8 Å². The predicted octanol–water partition coefficient (Wildman–Crippen LogP) is 0.881. The van der Waals surface area contributed by atoms with Gasteiger partial charge < -0.3 is 11.1 Å². The van der Waals surface area contributed by atoms with Gasteiger partial charge in [-0.3, -0.25) is 0 Å². The van der Waals surface area contributed by atoms with E-state index in [9.17, 15) is 0 Å². The maximum absolute atomic E-state index is 5.70. The van der Waals surface area contributed by atoms with Gasteiger partial charge in [0.25, 0.3) is 5.95 Å². The van der Waals surface area contributed by atoms with Crippen molar-refractivity contribution in [3.05, 3.63) is 12.7 Å². The summed E-state index contributed by atoms with van der Waals surface area (Å²) in [5, 5.41) is 7.24. The lowest BCUT2D eigenvalue weighted by atomic mass is 10.0. The predicted molar refractivity (Wildman–Crippen MR) is 71.7 cm³/mol. The summed E-state index contributed by atoms with van der Waals surface area (Å²) in [6.45, 7) is 6.40. The second-order valence-corrected chi connectivity index (χ2v) is 4.56. The molecule has 3 N–H and O–H groups in total. The molecule has 0 aliphatic carbocycles. The molecule has 0 saturated heterocycles. The van der Waals surface area contributed by atoms with E-state index >= 15 is 0 Å². The van der Waals surface area contributed by atoms with Gasteiger partial charge in [0.1, 0.15) is 12.7 Å². The number of hydrogen-bond acceptors (Lipinski definition) is 7. The fourth-order valence-electron chi connectivity index (χ4n) is 1.77. The van der Waals surface area contributed by atoms with E-state index in [1.807, 2.05) is 0 Å². The van der Waals surface area contributed by atoms with E-state index in [2.05, 4.69) is 51.1 Å². The third-order valence-electron chi connectivity index (χ3n) is 2.82. The number of rotatable bonds is 5. The van der Waals surface area contributed by atoms with Gasteiger partial charge in [0.05, 0.1) is 0 Å². The van der Waals surface area contributed by atoms with Crippen LogP contribution >= 0.6 is 0 Å². The topological polar surface area (TPSA) is 107 Å². The van der Waals surface area contributed by atoms with Gasteiger partial charge in [0.15, 0.2) is 0 Å². The summed E-state index contributed by atoms with van der Waals surface area (Å²) < 4.78 is 1.44. The largest absolute Gasteiger partial charge is 0.368 e. The Labute approximate surface area is 111 Å².